The lowest BCUT2D eigenvalue weighted by Gasteiger charge is -2.14. The van der Waals surface area contributed by atoms with Crippen LogP contribution < -0.4 is 5.32 Å². The first-order valence-corrected chi connectivity index (χ1v) is 11.4. The van der Waals surface area contributed by atoms with Gasteiger partial charge < -0.3 is 5.32 Å². The summed E-state index contributed by atoms with van der Waals surface area (Å²) in [5.41, 5.74) is 2.63. The molecule has 2 aromatic carbocycles. The van der Waals surface area contributed by atoms with Gasteiger partial charge in [-0.25, -0.2) is 4.68 Å². The van der Waals surface area contributed by atoms with Gasteiger partial charge in [0.1, 0.15) is 11.6 Å². The second-order valence-electron chi connectivity index (χ2n) is 8.45. The highest BCUT2D eigenvalue weighted by atomic mass is 32.2. The Kier molecular flexibility index (Phi) is 6.14. The molecule has 8 heteroatoms. The van der Waals surface area contributed by atoms with Crippen LogP contribution in [0.2, 0.25) is 0 Å². The zero-order valence-corrected chi connectivity index (χ0v) is 19.4. The molecule has 0 saturated heterocycles. The quantitative estimate of drug-likeness (QED) is 0.431. The molecule has 0 aliphatic carbocycles. The Morgan fingerprint density at radius 3 is 2.22 bits per heavy atom. The number of hydrogen-bond acceptors (Lipinski definition) is 5. The first-order valence-electron chi connectivity index (χ1n) is 10.4. The Bertz CT molecular complexity index is 1210. The second-order valence-corrected chi connectivity index (χ2v) is 9.39. The molecular formula is C24H26N6OS. The highest BCUT2D eigenvalue weighted by Gasteiger charge is 2.22. The molecule has 4 aromatic rings. The summed E-state index contributed by atoms with van der Waals surface area (Å²) in [7, 11) is 0. The first-order chi connectivity index (χ1) is 15.3. The van der Waals surface area contributed by atoms with Crippen molar-refractivity contribution in [3.63, 3.8) is 0 Å². The second kappa shape index (κ2) is 9.00. The number of carbonyl (C=O) groups excluding carboxylic acids is 1. The van der Waals surface area contributed by atoms with E-state index in [0.29, 0.717) is 11.0 Å². The minimum atomic E-state index is -0.141. The minimum Gasteiger partial charge on any atom is -0.310 e. The van der Waals surface area contributed by atoms with Crippen molar-refractivity contribution in [1.82, 2.24) is 24.5 Å². The Labute approximate surface area is 191 Å². The third kappa shape index (κ3) is 4.75. The Morgan fingerprint density at radius 1 is 0.969 bits per heavy atom. The molecule has 2 aromatic heterocycles. The van der Waals surface area contributed by atoms with Crippen molar-refractivity contribution in [2.45, 2.75) is 38.3 Å². The van der Waals surface area contributed by atoms with Crippen molar-refractivity contribution >= 4 is 23.5 Å². The Morgan fingerprint density at radius 2 is 1.59 bits per heavy atom. The number of aromatic nitrogens is 5. The van der Waals surface area contributed by atoms with E-state index in [1.165, 1.54) is 11.8 Å². The van der Waals surface area contributed by atoms with Crippen LogP contribution in [0.25, 0.3) is 11.4 Å². The molecule has 0 bridgehead atoms. The van der Waals surface area contributed by atoms with Gasteiger partial charge in [-0.15, -0.1) is 10.2 Å². The summed E-state index contributed by atoms with van der Waals surface area (Å²) in [6, 6.07) is 21.6. The van der Waals surface area contributed by atoms with Gasteiger partial charge in [-0.1, -0.05) is 68.9 Å². The van der Waals surface area contributed by atoms with Gasteiger partial charge in [-0.05, 0) is 31.2 Å². The maximum absolute atomic E-state index is 12.9. The molecule has 4 rings (SSSR count). The van der Waals surface area contributed by atoms with Crippen molar-refractivity contribution in [1.29, 1.82) is 0 Å². The van der Waals surface area contributed by atoms with Crippen LogP contribution in [-0.2, 0) is 10.2 Å². The van der Waals surface area contributed by atoms with Gasteiger partial charge in [0.25, 0.3) is 0 Å². The van der Waals surface area contributed by atoms with E-state index in [-0.39, 0.29) is 17.1 Å². The number of carbonyl (C=O) groups is 1. The van der Waals surface area contributed by atoms with Gasteiger partial charge in [-0.3, -0.25) is 9.36 Å². The summed E-state index contributed by atoms with van der Waals surface area (Å²) in [5, 5.41) is 16.9. The van der Waals surface area contributed by atoms with Crippen molar-refractivity contribution in [3.05, 3.63) is 78.2 Å². The van der Waals surface area contributed by atoms with Gasteiger partial charge in [0.2, 0.25) is 5.91 Å². The number of aryl methyl sites for hydroxylation is 1. The number of para-hydroxylation sites is 2. The molecule has 0 spiro atoms. The van der Waals surface area contributed by atoms with Crippen LogP contribution >= 0.6 is 11.8 Å². The van der Waals surface area contributed by atoms with E-state index in [2.05, 4.69) is 36.3 Å². The lowest BCUT2D eigenvalue weighted by Crippen LogP contribution is -2.17. The number of nitrogens with one attached hydrogen (secondary N) is 1. The smallest absolute Gasteiger partial charge is 0.236 e. The van der Waals surface area contributed by atoms with E-state index in [4.69, 9.17) is 5.10 Å². The van der Waals surface area contributed by atoms with E-state index in [1.54, 1.807) is 4.68 Å². The summed E-state index contributed by atoms with van der Waals surface area (Å²) >= 11 is 1.35. The van der Waals surface area contributed by atoms with Gasteiger partial charge in [0.15, 0.2) is 5.16 Å². The van der Waals surface area contributed by atoms with Crippen LogP contribution in [0.4, 0.5) is 5.82 Å². The molecule has 164 valence electrons. The van der Waals surface area contributed by atoms with E-state index in [1.807, 2.05) is 78.2 Å². The maximum Gasteiger partial charge on any atom is 0.236 e. The number of anilines is 1. The first kappa shape index (κ1) is 21.8. The molecule has 0 unspecified atom stereocenters. The fourth-order valence-electron chi connectivity index (χ4n) is 3.22. The zero-order chi connectivity index (χ0) is 22.7. The number of thioether (sulfide) groups is 1. The summed E-state index contributed by atoms with van der Waals surface area (Å²) in [6.45, 7) is 8.21. The van der Waals surface area contributed by atoms with E-state index in [9.17, 15) is 4.79 Å². The standard InChI is InChI=1S/C24H26N6OS/c1-17-26-27-23(29(17)18-11-7-5-8-12-18)32-16-22(31)25-21-15-20(24(2,3)4)28-30(21)19-13-9-6-10-14-19/h5-15H,16H2,1-4H3,(H,25,31). The molecule has 32 heavy (non-hydrogen) atoms. The molecule has 0 fully saturated rings. The van der Waals surface area contributed by atoms with Crippen LogP contribution in [0, 0.1) is 6.92 Å². The van der Waals surface area contributed by atoms with Crippen molar-refractivity contribution in [2.24, 2.45) is 0 Å². The van der Waals surface area contributed by atoms with E-state index >= 15 is 0 Å². The molecular weight excluding hydrogens is 420 g/mol. The predicted molar refractivity (Wildman–Crippen MR) is 128 cm³/mol. The molecule has 0 saturated carbocycles. The Balaban J connectivity index is 1.53. The van der Waals surface area contributed by atoms with Crippen LogP contribution in [0.3, 0.4) is 0 Å². The molecule has 1 amide bonds. The molecule has 0 atom stereocenters. The van der Waals surface area contributed by atoms with Crippen LogP contribution in [0.15, 0.2) is 71.9 Å². The van der Waals surface area contributed by atoms with Gasteiger partial charge >= 0.3 is 0 Å². The fraction of sp³-hybridized carbons (Fsp3) is 0.250. The van der Waals surface area contributed by atoms with E-state index in [0.717, 1.165) is 22.9 Å². The highest BCUT2D eigenvalue weighted by molar-refractivity contribution is 7.99. The average Bonchev–Trinajstić information content (AvgIpc) is 3.37. The Hall–Kier alpha value is -3.39. The average molecular weight is 447 g/mol. The van der Waals surface area contributed by atoms with Gasteiger partial charge in [-0.2, -0.15) is 5.10 Å². The zero-order valence-electron chi connectivity index (χ0n) is 18.6. The van der Waals surface area contributed by atoms with Crippen LogP contribution in [0.5, 0.6) is 0 Å². The predicted octanol–water partition coefficient (Wildman–Crippen LogP) is 4.79. The molecule has 1 N–H and O–H groups in total. The topological polar surface area (TPSA) is 77.6 Å². The lowest BCUT2D eigenvalue weighted by atomic mass is 9.92. The number of benzene rings is 2. The molecule has 2 heterocycles. The minimum absolute atomic E-state index is 0.132. The fourth-order valence-corrected chi connectivity index (χ4v) is 4.02. The number of rotatable bonds is 6. The molecule has 0 aliphatic rings. The lowest BCUT2D eigenvalue weighted by molar-refractivity contribution is -0.113. The normalized spacial score (nSPS) is 11.5. The summed E-state index contributed by atoms with van der Waals surface area (Å²) in [4.78, 5) is 12.9. The third-order valence-electron chi connectivity index (χ3n) is 4.89. The summed E-state index contributed by atoms with van der Waals surface area (Å²) in [6.07, 6.45) is 0. The largest absolute Gasteiger partial charge is 0.310 e. The third-order valence-corrected chi connectivity index (χ3v) is 5.82. The SMILES string of the molecule is Cc1nnc(SCC(=O)Nc2cc(C(C)(C)C)nn2-c2ccccc2)n1-c1ccccc1. The van der Waals surface area contributed by atoms with Crippen molar-refractivity contribution in [3.8, 4) is 11.4 Å². The monoisotopic (exact) mass is 446 g/mol. The van der Waals surface area contributed by atoms with Gasteiger partial charge in [0, 0.05) is 17.2 Å². The van der Waals surface area contributed by atoms with Crippen LogP contribution in [0.1, 0.15) is 32.3 Å². The summed E-state index contributed by atoms with van der Waals surface area (Å²) in [5.74, 6) is 1.49. The molecule has 7 nitrogen and oxygen atoms in total. The van der Waals surface area contributed by atoms with Crippen LogP contribution in [-0.4, -0.2) is 36.2 Å². The number of amides is 1. The maximum atomic E-state index is 12.9. The number of hydrogen-bond donors (Lipinski definition) is 1. The van der Waals surface area contributed by atoms with Crippen molar-refractivity contribution in [2.75, 3.05) is 11.1 Å². The summed E-state index contributed by atoms with van der Waals surface area (Å²) < 4.78 is 3.73. The van der Waals surface area contributed by atoms with Gasteiger partial charge in [0.05, 0.1) is 17.1 Å². The number of nitrogens with zero attached hydrogens (tertiary/aromatic N) is 5. The molecule has 0 aliphatic heterocycles. The highest BCUT2D eigenvalue weighted by Crippen LogP contribution is 2.27. The van der Waals surface area contributed by atoms with E-state index < -0.39 is 0 Å². The molecule has 0 radical (unpaired) electrons. The van der Waals surface area contributed by atoms with Crippen molar-refractivity contribution < 1.29 is 4.79 Å².